The normalized spacial score (nSPS) is 15.8. The monoisotopic (exact) mass is 441 g/mol. The van der Waals surface area contributed by atoms with E-state index in [0.29, 0.717) is 29.5 Å². The Morgan fingerprint density at radius 3 is 2.38 bits per heavy atom. The molecule has 10 heteroatoms. The van der Waals surface area contributed by atoms with Gasteiger partial charge in [-0.15, -0.1) is 0 Å². The van der Waals surface area contributed by atoms with Crippen molar-refractivity contribution in [2.75, 3.05) is 45.2 Å². The first kappa shape index (κ1) is 21.5. The highest BCUT2D eigenvalue weighted by Gasteiger charge is 2.29. The van der Waals surface area contributed by atoms with E-state index in [1.807, 2.05) is 4.90 Å². The highest BCUT2D eigenvalue weighted by molar-refractivity contribution is 7.89. The van der Waals surface area contributed by atoms with Crippen molar-refractivity contribution in [1.82, 2.24) is 9.21 Å². The van der Waals surface area contributed by atoms with Crippen LogP contribution in [0, 0.1) is 5.82 Å². The quantitative estimate of drug-likeness (QED) is 0.744. The summed E-state index contributed by atoms with van der Waals surface area (Å²) in [6.45, 7) is 1.46. The van der Waals surface area contributed by atoms with Crippen molar-refractivity contribution in [3.05, 3.63) is 53.3 Å². The van der Waals surface area contributed by atoms with Gasteiger partial charge in [-0.1, -0.05) is 11.6 Å². The van der Waals surface area contributed by atoms with Crippen LogP contribution in [0.1, 0.15) is 0 Å². The van der Waals surface area contributed by atoms with Crippen LogP contribution in [0.4, 0.5) is 10.1 Å². The van der Waals surface area contributed by atoms with Gasteiger partial charge in [-0.3, -0.25) is 9.69 Å². The van der Waals surface area contributed by atoms with Gasteiger partial charge in [0.15, 0.2) is 0 Å². The van der Waals surface area contributed by atoms with Crippen LogP contribution >= 0.6 is 11.6 Å². The van der Waals surface area contributed by atoms with Gasteiger partial charge in [0.05, 0.1) is 23.6 Å². The van der Waals surface area contributed by atoms with Crippen LogP contribution in [0.5, 0.6) is 5.75 Å². The molecule has 29 heavy (non-hydrogen) atoms. The number of sulfonamides is 1. The van der Waals surface area contributed by atoms with Crippen LogP contribution in [0.25, 0.3) is 0 Å². The zero-order valence-electron chi connectivity index (χ0n) is 15.8. The van der Waals surface area contributed by atoms with E-state index in [2.05, 4.69) is 5.32 Å². The summed E-state index contributed by atoms with van der Waals surface area (Å²) >= 11 is 6.05. The van der Waals surface area contributed by atoms with Crippen molar-refractivity contribution in [2.45, 2.75) is 4.90 Å². The molecule has 1 fully saturated rings. The van der Waals surface area contributed by atoms with Crippen molar-refractivity contribution < 1.29 is 22.3 Å². The largest absolute Gasteiger partial charge is 0.495 e. The molecule has 156 valence electrons. The highest BCUT2D eigenvalue weighted by Crippen LogP contribution is 2.27. The number of benzene rings is 2. The van der Waals surface area contributed by atoms with Gasteiger partial charge >= 0.3 is 0 Å². The predicted octanol–water partition coefficient (Wildman–Crippen LogP) is 2.43. The topological polar surface area (TPSA) is 79.0 Å². The lowest BCUT2D eigenvalue weighted by Gasteiger charge is -2.33. The molecule has 2 aromatic rings. The van der Waals surface area contributed by atoms with Crippen LogP contribution < -0.4 is 10.1 Å². The number of hydrogen-bond acceptors (Lipinski definition) is 5. The number of halogens is 2. The summed E-state index contributed by atoms with van der Waals surface area (Å²) in [4.78, 5) is 14.2. The van der Waals surface area contributed by atoms with E-state index in [0.717, 1.165) is 12.1 Å². The molecule has 0 spiro atoms. The van der Waals surface area contributed by atoms with Crippen molar-refractivity contribution in [3.8, 4) is 5.75 Å². The fourth-order valence-corrected chi connectivity index (χ4v) is 4.71. The maximum atomic E-state index is 13.0. The standard InChI is InChI=1S/C19H21ClFN3O4S/c1-28-18-7-4-15(12-17(18)20)22-19(25)13-23-8-10-24(11-9-23)29(26,27)16-5-2-14(21)3-6-16/h2-7,12H,8-11,13H2,1H3,(H,22,25). The smallest absolute Gasteiger partial charge is 0.243 e. The van der Waals surface area contributed by atoms with Gasteiger partial charge in [0, 0.05) is 31.9 Å². The summed E-state index contributed by atoms with van der Waals surface area (Å²) in [5.41, 5.74) is 0.554. The van der Waals surface area contributed by atoms with Gasteiger partial charge in [0.25, 0.3) is 0 Å². The number of anilines is 1. The van der Waals surface area contributed by atoms with Gasteiger partial charge in [0.1, 0.15) is 11.6 Å². The third-order valence-electron chi connectivity index (χ3n) is 4.59. The number of piperazine rings is 1. The van der Waals surface area contributed by atoms with Gasteiger partial charge in [-0.2, -0.15) is 4.31 Å². The zero-order valence-corrected chi connectivity index (χ0v) is 17.3. The third-order valence-corrected chi connectivity index (χ3v) is 6.79. The lowest BCUT2D eigenvalue weighted by atomic mass is 10.3. The van der Waals surface area contributed by atoms with Crippen molar-refractivity contribution >= 4 is 33.2 Å². The molecule has 0 saturated carbocycles. The number of rotatable bonds is 6. The molecule has 0 atom stereocenters. The minimum absolute atomic E-state index is 0.0569. The molecular formula is C19H21ClFN3O4S. The first-order valence-corrected chi connectivity index (χ1v) is 10.7. The second-order valence-corrected chi connectivity index (χ2v) is 8.88. The molecule has 1 aliphatic rings. The van der Waals surface area contributed by atoms with Crippen LogP contribution in [-0.2, 0) is 14.8 Å². The number of ether oxygens (including phenoxy) is 1. The molecule has 3 rings (SSSR count). The van der Waals surface area contributed by atoms with Crippen molar-refractivity contribution in [1.29, 1.82) is 0 Å². The molecule has 1 heterocycles. The number of nitrogens with zero attached hydrogens (tertiary/aromatic N) is 2. The van der Waals surface area contributed by atoms with E-state index in [-0.39, 0.29) is 30.4 Å². The lowest BCUT2D eigenvalue weighted by molar-refractivity contribution is -0.117. The number of methoxy groups -OCH3 is 1. The number of hydrogen-bond donors (Lipinski definition) is 1. The van der Waals surface area contributed by atoms with Gasteiger partial charge in [0.2, 0.25) is 15.9 Å². The Morgan fingerprint density at radius 2 is 1.79 bits per heavy atom. The maximum Gasteiger partial charge on any atom is 0.243 e. The Balaban J connectivity index is 1.53. The molecule has 1 aliphatic heterocycles. The summed E-state index contributed by atoms with van der Waals surface area (Å²) < 4.78 is 44.7. The molecular weight excluding hydrogens is 421 g/mol. The molecule has 2 aromatic carbocycles. The second-order valence-electron chi connectivity index (χ2n) is 6.53. The molecule has 0 aliphatic carbocycles. The number of carbonyl (C=O) groups excluding carboxylic acids is 1. The number of carbonyl (C=O) groups is 1. The van der Waals surface area contributed by atoms with E-state index in [1.165, 1.54) is 23.5 Å². The fraction of sp³-hybridized carbons (Fsp3) is 0.316. The molecule has 0 bridgehead atoms. The van der Waals surface area contributed by atoms with Gasteiger partial charge in [-0.25, -0.2) is 12.8 Å². The van der Waals surface area contributed by atoms with Crippen molar-refractivity contribution in [2.24, 2.45) is 0 Å². The van der Waals surface area contributed by atoms with Gasteiger partial charge < -0.3 is 10.1 Å². The summed E-state index contributed by atoms with van der Waals surface area (Å²) in [5.74, 6) is -0.192. The Morgan fingerprint density at radius 1 is 1.14 bits per heavy atom. The SMILES string of the molecule is COc1ccc(NC(=O)CN2CCN(S(=O)(=O)c3ccc(F)cc3)CC2)cc1Cl. The Hall–Kier alpha value is -2.20. The zero-order chi connectivity index (χ0) is 21.0. The summed E-state index contributed by atoms with van der Waals surface area (Å²) in [5, 5.41) is 3.16. The Bertz CT molecular complexity index is 977. The lowest BCUT2D eigenvalue weighted by Crippen LogP contribution is -2.50. The molecule has 0 unspecified atom stereocenters. The van der Waals surface area contributed by atoms with E-state index in [1.54, 1.807) is 18.2 Å². The average molecular weight is 442 g/mol. The van der Waals surface area contributed by atoms with Crippen LogP contribution in [0.15, 0.2) is 47.4 Å². The predicted molar refractivity (Wildman–Crippen MR) is 108 cm³/mol. The summed E-state index contributed by atoms with van der Waals surface area (Å²) in [6.07, 6.45) is 0. The third kappa shape index (κ3) is 5.24. The first-order valence-electron chi connectivity index (χ1n) is 8.91. The molecule has 1 saturated heterocycles. The minimum atomic E-state index is -3.68. The van der Waals surface area contributed by atoms with E-state index in [9.17, 15) is 17.6 Å². The van der Waals surface area contributed by atoms with Crippen LogP contribution in [0.3, 0.4) is 0 Å². The molecule has 7 nitrogen and oxygen atoms in total. The number of amides is 1. The van der Waals surface area contributed by atoms with Crippen LogP contribution in [-0.4, -0.2) is 63.4 Å². The van der Waals surface area contributed by atoms with E-state index in [4.69, 9.17) is 16.3 Å². The fourth-order valence-electron chi connectivity index (χ4n) is 3.03. The second kappa shape index (κ2) is 9.08. The van der Waals surface area contributed by atoms with E-state index < -0.39 is 15.8 Å². The molecule has 0 aromatic heterocycles. The maximum absolute atomic E-state index is 13.0. The highest BCUT2D eigenvalue weighted by atomic mass is 35.5. The molecule has 1 N–H and O–H groups in total. The summed E-state index contributed by atoms with van der Waals surface area (Å²) in [7, 11) is -2.17. The summed E-state index contributed by atoms with van der Waals surface area (Å²) in [6, 6.07) is 9.71. The van der Waals surface area contributed by atoms with Crippen molar-refractivity contribution in [3.63, 3.8) is 0 Å². The minimum Gasteiger partial charge on any atom is -0.495 e. The first-order chi connectivity index (χ1) is 13.8. The van der Waals surface area contributed by atoms with Gasteiger partial charge in [-0.05, 0) is 42.5 Å². The average Bonchev–Trinajstić information content (AvgIpc) is 2.69. The molecule has 0 radical (unpaired) electrons. The number of nitrogens with one attached hydrogen (secondary N) is 1. The Labute approximate surface area is 174 Å². The Kier molecular flexibility index (Phi) is 6.74. The van der Waals surface area contributed by atoms with E-state index >= 15 is 0 Å². The molecule has 1 amide bonds. The van der Waals surface area contributed by atoms with Crippen LogP contribution in [0.2, 0.25) is 5.02 Å².